The fraction of sp³-hybridized carbons (Fsp3) is 0.391. The molecule has 0 aliphatic carbocycles. The van der Waals surface area contributed by atoms with E-state index < -0.39 is 16.1 Å². The highest BCUT2D eigenvalue weighted by Gasteiger charge is 2.41. The van der Waals surface area contributed by atoms with Gasteiger partial charge >= 0.3 is 0 Å². The van der Waals surface area contributed by atoms with Crippen LogP contribution in [-0.4, -0.2) is 67.3 Å². The minimum Gasteiger partial charge on any atom is -0.345 e. The van der Waals surface area contributed by atoms with Gasteiger partial charge in [-0.25, -0.2) is 13.4 Å². The molecule has 0 spiro atoms. The molecule has 33 heavy (non-hydrogen) atoms. The molecule has 0 bridgehead atoms. The van der Waals surface area contributed by atoms with Gasteiger partial charge in [0, 0.05) is 37.7 Å². The van der Waals surface area contributed by atoms with Gasteiger partial charge in [-0.2, -0.15) is 4.31 Å². The highest BCUT2D eigenvalue weighted by molar-refractivity contribution is 7.89. The van der Waals surface area contributed by atoms with Gasteiger partial charge in [-0.05, 0) is 50.1 Å². The number of hydrogen-bond donors (Lipinski definition) is 0. The Labute approximate surface area is 202 Å². The minimum absolute atomic E-state index is 0.0982. The van der Waals surface area contributed by atoms with E-state index >= 15 is 0 Å². The van der Waals surface area contributed by atoms with Crippen LogP contribution in [0.1, 0.15) is 18.4 Å². The molecule has 7 nitrogen and oxygen atoms in total. The Morgan fingerprint density at radius 1 is 1.06 bits per heavy atom. The van der Waals surface area contributed by atoms with Crippen LogP contribution in [0.5, 0.6) is 0 Å². The second-order valence-electron chi connectivity index (χ2n) is 8.51. The number of thiazole rings is 1. The normalized spacial score (nSPS) is 20.0. The third kappa shape index (κ3) is 4.35. The summed E-state index contributed by atoms with van der Waals surface area (Å²) in [6.45, 7) is 4.71. The van der Waals surface area contributed by atoms with Crippen LogP contribution in [0.4, 0.5) is 5.13 Å². The van der Waals surface area contributed by atoms with E-state index in [4.69, 9.17) is 16.6 Å². The maximum atomic E-state index is 13.3. The molecular formula is C23H25ClN4O3S2. The quantitative estimate of drug-likeness (QED) is 0.541. The summed E-state index contributed by atoms with van der Waals surface area (Å²) < 4.78 is 28.9. The lowest BCUT2D eigenvalue weighted by molar-refractivity contribution is -0.134. The smallest absolute Gasteiger partial charge is 0.243 e. The molecular weight excluding hydrogens is 480 g/mol. The number of amides is 1. The average Bonchev–Trinajstić information content (AvgIpc) is 3.46. The van der Waals surface area contributed by atoms with Crippen molar-refractivity contribution in [2.45, 2.75) is 30.7 Å². The van der Waals surface area contributed by atoms with Crippen LogP contribution in [0.15, 0.2) is 47.4 Å². The molecule has 1 unspecified atom stereocenters. The topological polar surface area (TPSA) is 73.8 Å². The molecule has 2 saturated heterocycles. The van der Waals surface area contributed by atoms with Crippen LogP contribution >= 0.6 is 22.9 Å². The van der Waals surface area contributed by atoms with Gasteiger partial charge < -0.3 is 9.80 Å². The van der Waals surface area contributed by atoms with Crippen molar-refractivity contribution in [3.05, 3.63) is 53.1 Å². The Kier molecular flexibility index (Phi) is 6.07. The number of carbonyl (C=O) groups is 1. The number of nitrogens with zero attached hydrogens (tertiary/aromatic N) is 4. The van der Waals surface area contributed by atoms with E-state index in [9.17, 15) is 13.2 Å². The molecule has 2 aliphatic rings. The number of fused-ring (bicyclic) bond motifs is 1. The summed E-state index contributed by atoms with van der Waals surface area (Å²) in [6.07, 6.45) is 1.25. The number of piperazine rings is 1. The number of carbonyl (C=O) groups excluding carboxylic acids is 1. The zero-order valence-electron chi connectivity index (χ0n) is 18.3. The first-order valence-electron chi connectivity index (χ1n) is 11.0. The summed E-state index contributed by atoms with van der Waals surface area (Å²) in [4.78, 5) is 22.3. The van der Waals surface area contributed by atoms with Gasteiger partial charge in [0.2, 0.25) is 15.9 Å². The molecule has 1 aromatic heterocycles. The van der Waals surface area contributed by atoms with Crippen molar-refractivity contribution in [2.24, 2.45) is 0 Å². The highest BCUT2D eigenvalue weighted by atomic mass is 35.5. The van der Waals surface area contributed by atoms with Gasteiger partial charge in [0.25, 0.3) is 0 Å². The van der Waals surface area contributed by atoms with Crippen LogP contribution in [-0.2, 0) is 14.8 Å². The number of sulfonamides is 1. The largest absolute Gasteiger partial charge is 0.345 e. The first kappa shape index (κ1) is 22.6. The Morgan fingerprint density at radius 2 is 1.79 bits per heavy atom. The van der Waals surface area contributed by atoms with Gasteiger partial charge in [-0.1, -0.05) is 40.6 Å². The van der Waals surface area contributed by atoms with E-state index in [1.54, 1.807) is 40.5 Å². The van der Waals surface area contributed by atoms with E-state index in [1.165, 1.54) is 4.31 Å². The van der Waals surface area contributed by atoms with Crippen LogP contribution in [0, 0.1) is 6.92 Å². The number of aryl methyl sites for hydroxylation is 1. The van der Waals surface area contributed by atoms with Crippen molar-refractivity contribution in [1.82, 2.24) is 14.2 Å². The number of benzene rings is 2. The van der Waals surface area contributed by atoms with Crippen LogP contribution in [0.3, 0.4) is 0 Å². The molecule has 0 N–H and O–H groups in total. The summed E-state index contributed by atoms with van der Waals surface area (Å²) in [6, 6.07) is 11.9. The lowest BCUT2D eigenvalue weighted by atomic mass is 10.2. The van der Waals surface area contributed by atoms with E-state index in [2.05, 4.69) is 4.90 Å². The molecule has 10 heteroatoms. The van der Waals surface area contributed by atoms with E-state index in [1.807, 2.05) is 25.1 Å². The molecule has 3 heterocycles. The lowest BCUT2D eigenvalue weighted by Gasteiger charge is -2.37. The van der Waals surface area contributed by atoms with Gasteiger partial charge in [0.05, 0.1) is 15.1 Å². The molecule has 2 aliphatic heterocycles. The molecule has 5 rings (SSSR count). The number of rotatable bonds is 4. The zero-order chi connectivity index (χ0) is 23.2. The molecule has 2 fully saturated rings. The number of halogens is 1. The van der Waals surface area contributed by atoms with Crippen molar-refractivity contribution >= 4 is 54.2 Å². The predicted octanol–water partition coefficient (Wildman–Crippen LogP) is 3.76. The lowest BCUT2D eigenvalue weighted by Crippen LogP contribution is -2.54. The number of hydrogen-bond acceptors (Lipinski definition) is 6. The SMILES string of the molecule is Cc1ccc(S(=O)(=O)N2CCCC2C(=O)N2CCN(c3nc4ccc(Cl)cc4s3)CC2)cc1. The molecule has 3 aromatic rings. The molecule has 0 saturated carbocycles. The molecule has 2 aromatic carbocycles. The van der Waals surface area contributed by atoms with Crippen LogP contribution in [0.2, 0.25) is 5.02 Å². The van der Waals surface area contributed by atoms with Gasteiger partial charge in [-0.15, -0.1) is 0 Å². The fourth-order valence-corrected chi connectivity index (χ4v) is 7.41. The summed E-state index contributed by atoms with van der Waals surface area (Å²) in [5, 5.41) is 1.61. The molecule has 174 valence electrons. The second-order valence-corrected chi connectivity index (χ2v) is 11.8. The van der Waals surface area contributed by atoms with E-state index in [-0.39, 0.29) is 10.8 Å². The molecule has 1 amide bonds. The Morgan fingerprint density at radius 3 is 2.52 bits per heavy atom. The number of aromatic nitrogens is 1. The van der Waals surface area contributed by atoms with Crippen LogP contribution < -0.4 is 4.90 Å². The van der Waals surface area contributed by atoms with Gasteiger partial charge in [0.15, 0.2) is 5.13 Å². The summed E-state index contributed by atoms with van der Waals surface area (Å²) in [7, 11) is -3.70. The summed E-state index contributed by atoms with van der Waals surface area (Å²) in [5.74, 6) is -0.0982. The summed E-state index contributed by atoms with van der Waals surface area (Å²) >= 11 is 7.69. The molecule has 0 radical (unpaired) electrons. The fourth-order valence-electron chi connectivity index (χ4n) is 4.47. The Balaban J connectivity index is 1.27. The second kappa shape index (κ2) is 8.87. The van der Waals surface area contributed by atoms with E-state index in [0.29, 0.717) is 50.6 Å². The third-order valence-electron chi connectivity index (χ3n) is 6.32. The first-order chi connectivity index (χ1) is 15.8. The van der Waals surface area contributed by atoms with Crippen molar-refractivity contribution in [2.75, 3.05) is 37.6 Å². The maximum absolute atomic E-state index is 13.3. The zero-order valence-corrected chi connectivity index (χ0v) is 20.7. The minimum atomic E-state index is -3.70. The van der Waals surface area contributed by atoms with Crippen LogP contribution in [0.25, 0.3) is 10.2 Å². The Hall–Kier alpha value is -2.20. The van der Waals surface area contributed by atoms with E-state index in [0.717, 1.165) is 20.9 Å². The van der Waals surface area contributed by atoms with Gasteiger partial charge in [0.1, 0.15) is 6.04 Å². The third-order valence-corrected chi connectivity index (χ3v) is 9.55. The van der Waals surface area contributed by atoms with Gasteiger partial charge in [-0.3, -0.25) is 4.79 Å². The van der Waals surface area contributed by atoms with Crippen molar-refractivity contribution < 1.29 is 13.2 Å². The predicted molar refractivity (Wildman–Crippen MR) is 132 cm³/mol. The Bertz CT molecular complexity index is 1280. The highest BCUT2D eigenvalue weighted by Crippen LogP contribution is 2.32. The first-order valence-corrected chi connectivity index (χ1v) is 13.6. The molecule has 1 atom stereocenters. The number of anilines is 1. The monoisotopic (exact) mass is 504 g/mol. The standard InChI is InChI=1S/C23H25ClN4O3S2/c1-16-4-7-18(8-5-16)33(30,31)28-10-2-3-20(28)22(29)26-11-13-27(14-12-26)23-25-19-9-6-17(24)15-21(19)32-23/h4-9,15,20H,2-3,10-14H2,1H3. The van der Waals surface area contributed by atoms with Crippen molar-refractivity contribution in [1.29, 1.82) is 0 Å². The van der Waals surface area contributed by atoms with Crippen molar-refractivity contribution in [3.8, 4) is 0 Å². The maximum Gasteiger partial charge on any atom is 0.243 e. The summed E-state index contributed by atoms with van der Waals surface area (Å²) in [5.41, 5.74) is 1.91. The average molecular weight is 505 g/mol. The van der Waals surface area contributed by atoms with Crippen molar-refractivity contribution in [3.63, 3.8) is 0 Å².